The number of halogens is 1. The van der Waals surface area contributed by atoms with Crippen LogP contribution >= 0.6 is 15.9 Å². The fourth-order valence-corrected chi connectivity index (χ4v) is 3.62. The van der Waals surface area contributed by atoms with Gasteiger partial charge < -0.3 is 9.47 Å². The van der Waals surface area contributed by atoms with Crippen molar-refractivity contribution in [2.75, 3.05) is 6.61 Å². The van der Waals surface area contributed by atoms with E-state index in [1.54, 1.807) is 39.0 Å². The van der Waals surface area contributed by atoms with Gasteiger partial charge in [-0.2, -0.15) is 0 Å². The molecule has 3 atom stereocenters. The first-order chi connectivity index (χ1) is 12.2. The highest BCUT2D eigenvalue weighted by molar-refractivity contribution is 9.10. The van der Waals surface area contributed by atoms with Crippen molar-refractivity contribution in [3.63, 3.8) is 0 Å². The number of rotatable bonds is 4. The first kappa shape index (κ1) is 18.9. The standard InChI is InChI=1S/C19H22BrNO5/c1-19(2,3)26-18(24)21-14-8-12(14)9-15(21)17(23)25-10-16(22)11-5-4-6-13(20)7-11/h4-7,12,14-15H,8-10H2,1-3H3. The number of nitrogens with zero attached hydrogens (tertiary/aromatic N) is 1. The molecule has 1 amide bonds. The summed E-state index contributed by atoms with van der Waals surface area (Å²) in [7, 11) is 0. The summed E-state index contributed by atoms with van der Waals surface area (Å²) in [6, 6.07) is 6.26. The van der Waals surface area contributed by atoms with Gasteiger partial charge in [0, 0.05) is 16.1 Å². The monoisotopic (exact) mass is 423 g/mol. The van der Waals surface area contributed by atoms with E-state index in [0.29, 0.717) is 17.9 Å². The second-order valence-electron chi connectivity index (χ2n) is 7.74. The van der Waals surface area contributed by atoms with Gasteiger partial charge in [0.25, 0.3) is 0 Å². The van der Waals surface area contributed by atoms with E-state index in [4.69, 9.17) is 9.47 Å². The summed E-state index contributed by atoms with van der Waals surface area (Å²) in [5, 5.41) is 0. The third-order valence-corrected chi connectivity index (χ3v) is 4.97. The molecule has 7 heteroatoms. The number of likely N-dealkylation sites (tertiary alicyclic amines) is 1. The minimum Gasteiger partial charge on any atom is -0.456 e. The van der Waals surface area contributed by atoms with E-state index in [0.717, 1.165) is 10.9 Å². The summed E-state index contributed by atoms with van der Waals surface area (Å²) in [5.41, 5.74) is -0.166. The van der Waals surface area contributed by atoms with Crippen LogP contribution < -0.4 is 0 Å². The molecule has 0 bridgehead atoms. The highest BCUT2D eigenvalue weighted by atomic mass is 79.9. The number of hydrogen-bond acceptors (Lipinski definition) is 5. The van der Waals surface area contributed by atoms with E-state index < -0.39 is 23.7 Å². The zero-order valence-corrected chi connectivity index (χ0v) is 16.6. The van der Waals surface area contributed by atoms with Crippen LogP contribution in [0.2, 0.25) is 0 Å². The second kappa shape index (κ2) is 7.02. The van der Waals surface area contributed by atoms with Gasteiger partial charge in [-0.3, -0.25) is 9.69 Å². The number of ketones is 1. The topological polar surface area (TPSA) is 72.9 Å². The Morgan fingerprint density at radius 1 is 1.23 bits per heavy atom. The smallest absolute Gasteiger partial charge is 0.411 e. The van der Waals surface area contributed by atoms with E-state index in [-0.39, 0.29) is 18.4 Å². The SMILES string of the molecule is CC(C)(C)OC(=O)N1C(C(=O)OCC(=O)c2cccc(Br)c2)CC2CC21. The molecule has 1 aromatic carbocycles. The quantitative estimate of drug-likeness (QED) is 0.546. The van der Waals surface area contributed by atoms with E-state index >= 15 is 0 Å². The van der Waals surface area contributed by atoms with Crippen LogP contribution in [-0.2, 0) is 14.3 Å². The Hall–Kier alpha value is -1.89. The molecule has 0 radical (unpaired) electrons. The van der Waals surface area contributed by atoms with Gasteiger partial charge >= 0.3 is 12.1 Å². The molecule has 0 N–H and O–H groups in total. The van der Waals surface area contributed by atoms with E-state index in [9.17, 15) is 14.4 Å². The zero-order valence-electron chi connectivity index (χ0n) is 15.0. The molecular formula is C19H22BrNO5. The van der Waals surface area contributed by atoms with Crippen molar-refractivity contribution >= 4 is 33.8 Å². The molecule has 3 unspecified atom stereocenters. The molecule has 0 spiro atoms. The van der Waals surface area contributed by atoms with Gasteiger partial charge in [-0.15, -0.1) is 0 Å². The van der Waals surface area contributed by atoms with Crippen molar-refractivity contribution in [1.29, 1.82) is 0 Å². The minimum atomic E-state index is -0.677. The van der Waals surface area contributed by atoms with Gasteiger partial charge in [-0.05, 0) is 51.7 Å². The van der Waals surface area contributed by atoms with Crippen LogP contribution in [0.1, 0.15) is 44.0 Å². The lowest BCUT2D eigenvalue weighted by Gasteiger charge is -2.29. The van der Waals surface area contributed by atoms with Gasteiger partial charge in [0.05, 0.1) is 0 Å². The summed E-state index contributed by atoms with van der Waals surface area (Å²) >= 11 is 3.31. The molecule has 0 aromatic heterocycles. The Balaban J connectivity index is 1.60. The Labute approximate surface area is 161 Å². The largest absolute Gasteiger partial charge is 0.456 e. The van der Waals surface area contributed by atoms with Crippen LogP contribution in [0.25, 0.3) is 0 Å². The van der Waals surface area contributed by atoms with Crippen molar-refractivity contribution in [2.45, 2.75) is 51.3 Å². The molecule has 1 saturated heterocycles. The molecule has 2 fully saturated rings. The highest BCUT2D eigenvalue weighted by Crippen LogP contribution is 2.48. The molecule has 1 aliphatic heterocycles. The van der Waals surface area contributed by atoms with Gasteiger partial charge in [0.15, 0.2) is 12.4 Å². The molecule has 1 saturated carbocycles. The predicted molar refractivity (Wildman–Crippen MR) is 97.8 cm³/mol. The van der Waals surface area contributed by atoms with Crippen LogP contribution in [0.15, 0.2) is 28.7 Å². The molecule has 140 valence electrons. The normalized spacial score (nSPS) is 24.0. The van der Waals surface area contributed by atoms with Gasteiger partial charge in [0.2, 0.25) is 0 Å². The van der Waals surface area contributed by atoms with E-state index in [1.807, 2.05) is 6.07 Å². The zero-order chi connectivity index (χ0) is 19.1. The first-order valence-electron chi connectivity index (χ1n) is 8.62. The lowest BCUT2D eigenvalue weighted by molar-refractivity contribution is -0.148. The molecule has 1 heterocycles. The lowest BCUT2D eigenvalue weighted by atomic mass is 10.1. The number of fused-ring (bicyclic) bond motifs is 1. The lowest BCUT2D eigenvalue weighted by Crippen LogP contribution is -2.46. The fourth-order valence-electron chi connectivity index (χ4n) is 3.22. The summed E-state index contributed by atoms with van der Waals surface area (Å²) in [5.74, 6) is -0.515. The number of carbonyl (C=O) groups excluding carboxylic acids is 3. The number of ether oxygens (including phenoxy) is 2. The third kappa shape index (κ3) is 4.26. The maximum absolute atomic E-state index is 12.5. The molecule has 26 heavy (non-hydrogen) atoms. The second-order valence-corrected chi connectivity index (χ2v) is 8.66. The van der Waals surface area contributed by atoms with Crippen LogP contribution in [0.4, 0.5) is 4.79 Å². The Bertz CT molecular complexity index is 742. The predicted octanol–water partition coefficient (Wildman–Crippen LogP) is 3.57. The molecule has 1 aliphatic carbocycles. The van der Waals surface area contributed by atoms with E-state index in [2.05, 4.69) is 15.9 Å². The molecule has 1 aromatic rings. The average Bonchev–Trinajstić information content (AvgIpc) is 3.20. The van der Waals surface area contributed by atoms with Gasteiger partial charge in [0.1, 0.15) is 11.6 Å². The van der Waals surface area contributed by atoms with E-state index in [1.165, 1.54) is 4.90 Å². The fraction of sp³-hybridized carbons (Fsp3) is 0.526. The van der Waals surface area contributed by atoms with Gasteiger partial charge in [-0.1, -0.05) is 28.1 Å². The summed E-state index contributed by atoms with van der Waals surface area (Å²) in [4.78, 5) is 38.6. The van der Waals surface area contributed by atoms with Crippen molar-refractivity contribution in [3.05, 3.63) is 34.3 Å². The Morgan fingerprint density at radius 3 is 2.62 bits per heavy atom. The number of benzene rings is 1. The molecule has 6 nitrogen and oxygen atoms in total. The third-order valence-electron chi connectivity index (χ3n) is 4.47. The summed E-state index contributed by atoms with van der Waals surface area (Å²) in [6.07, 6.45) is 0.955. The number of amides is 1. The first-order valence-corrected chi connectivity index (χ1v) is 9.42. The van der Waals surface area contributed by atoms with Crippen molar-refractivity contribution in [3.8, 4) is 0 Å². The average molecular weight is 424 g/mol. The molecular weight excluding hydrogens is 402 g/mol. The van der Waals surface area contributed by atoms with Crippen LogP contribution in [0, 0.1) is 5.92 Å². The molecule has 2 aliphatic rings. The maximum Gasteiger partial charge on any atom is 0.411 e. The highest BCUT2D eigenvalue weighted by Gasteiger charge is 2.57. The molecule has 3 rings (SSSR count). The van der Waals surface area contributed by atoms with Crippen molar-refractivity contribution < 1.29 is 23.9 Å². The minimum absolute atomic E-state index is 0.0446. The van der Waals surface area contributed by atoms with Crippen LogP contribution in [0.3, 0.4) is 0 Å². The number of Topliss-reactive ketones (excluding diaryl/α,β-unsaturated/α-hetero) is 1. The number of piperidine rings is 1. The van der Waals surface area contributed by atoms with Crippen molar-refractivity contribution in [2.24, 2.45) is 5.92 Å². The number of esters is 1. The Morgan fingerprint density at radius 2 is 1.96 bits per heavy atom. The van der Waals surface area contributed by atoms with Gasteiger partial charge in [-0.25, -0.2) is 9.59 Å². The Kier molecular flexibility index (Phi) is 5.10. The van der Waals surface area contributed by atoms with Crippen molar-refractivity contribution in [1.82, 2.24) is 4.90 Å². The summed E-state index contributed by atoms with van der Waals surface area (Å²) in [6.45, 7) is 5.02. The maximum atomic E-state index is 12.5. The summed E-state index contributed by atoms with van der Waals surface area (Å²) < 4.78 is 11.4. The van der Waals surface area contributed by atoms with Crippen LogP contribution in [-0.4, -0.2) is 47.0 Å². The number of carbonyl (C=O) groups is 3. The van der Waals surface area contributed by atoms with Crippen LogP contribution in [0.5, 0.6) is 0 Å². The number of hydrogen-bond donors (Lipinski definition) is 0.